The van der Waals surface area contributed by atoms with Gasteiger partial charge in [0.1, 0.15) is 10.7 Å². The lowest BCUT2D eigenvalue weighted by molar-refractivity contribution is 0.236. The number of rotatable bonds is 4. The van der Waals surface area contributed by atoms with Gasteiger partial charge in [-0.1, -0.05) is 49.7 Å². The number of nitrogen functional groups attached to an aromatic ring is 1. The van der Waals surface area contributed by atoms with Gasteiger partial charge < -0.3 is 10.6 Å². The number of anilines is 2. The minimum atomic E-state index is -0.124. The third-order valence-electron chi connectivity index (χ3n) is 5.37. The van der Waals surface area contributed by atoms with E-state index >= 15 is 0 Å². The Labute approximate surface area is 163 Å². The Kier molecular flexibility index (Phi) is 5.53. The number of hydrogen-bond acceptors (Lipinski definition) is 5. The molecule has 7 heteroatoms. The van der Waals surface area contributed by atoms with Crippen molar-refractivity contribution in [2.75, 3.05) is 23.7 Å². The summed E-state index contributed by atoms with van der Waals surface area (Å²) in [6.45, 7) is 6.36. The summed E-state index contributed by atoms with van der Waals surface area (Å²) in [5, 5.41) is 0.627. The highest BCUT2D eigenvalue weighted by Crippen LogP contribution is 2.36. The Morgan fingerprint density at radius 2 is 2.04 bits per heavy atom. The van der Waals surface area contributed by atoms with Crippen LogP contribution in [0, 0.1) is 5.41 Å². The molecule has 3 rings (SSSR count). The normalized spacial score (nSPS) is 16.7. The molecular formula is C19H25ClN4OS. The standard InChI is InChI=1S/C19H25ClN4OS/c1-4-19(2)8-10-24(11-9-19)18-22-16(21)15(17(25)23(18)3)26-14-7-5-6-13(20)12-14/h5-7,12H,4,8-11,21H2,1-3H3. The van der Waals surface area contributed by atoms with Crippen molar-refractivity contribution in [3.63, 3.8) is 0 Å². The second-order valence-electron chi connectivity index (χ2n) is 7.20. The monoisotopic (exact) mass is 392 g/mol. The second kappa shape index (κ2) is 7.53. The summed E-state index contributed by atoms with van der Waals surface area (Å²) in [7, 11) is 1.76. The van der Waals surface area contributed by atoms with Gasteiger partial charge in [-0.2, -0.15) is 4.98 Å². The van der Waals surface area contributed by atoms with Crippen LogP contribution in [0.3, 0.4) is 0 Å². The third kappa shape index (κ3) is 3.86. The van der Waals surface area contributed by atoms with Gasteiger partial charge in [-0.3, -0.25) is 9.36 Å². The van der Waals surface area contributed by atoms with Gasteiger partial charge in [0.25, 0.3) is 5.56 Å². The van der Waals surface area contributed by atoms with E-state index in [4.69, 9.17) is 17.3 Å². The van der Waals surface area contributed by atoms with Crippen molar-refractivity contribution in [3.05, 3.63) is 39.6 Å². The topological polar surface area (TPSA) is 64.2 Å². The highest BCUT2D eigenvalue weighted by Gasteiger charge is 2.30. The zero-order chi connectivity index (χ0) is 18.9. The van der Waals surface area contributed by atoms with Crippen molar-refractivity contribution in [2.45, 2.75) is 42.9 Å². The molecule has 0 bridgehead atoms. The van der Waals surface area contributed by atoms with Gasteiger partial charge in [0.15, 0.2) is 0 Å². The maximum absolute atomic E-state index is 12.9. The van der Waals surface area contributed by atoms with E-state index in [1.165, 1.54) is 18.2 Å². The van der Waals surface area contributed by atoms with Crippen LogP contribution in [0.5, 0.6) is 0 Å². The highest BCUT2D eigenvalue weighted by molar-refractivity contribution is 7.99. The molecular weight excluding hydrogens is 368 g/mol. The maximum atomic E-state index is 12.9. The molecule has 0 atom stereocenters. The van der Waals surface area contributed by atoms with Crippen molar-refractivity contribution in [2.24, 2.45) is 12.5 Å². The molecule has 1 fully saturated rings. The number of piperidine rings is 1. The summed E-state index contributed by atoms with van der Waals surface area (Å²) in [5.74, 6) is 0.929. The van der Waals surface area contributed by atoms with Crippen LogP contribution >= 0.6 is 23.4 Å². The molecule has 26 heavy (non-hydrogen) atoms. The summed E-state index contributed by atoms with van der Waals surface area (Å²) in [5.41, 5.74) is 6.41. The fourth-order valence-electron chi connectivity index (χ4n) is 3.21. The lowest BCUT2D eigenvalue weighted by Gasteiger charge is -2.39. The number of nitrogens with two attached hydrogens (primary N) is 1. The number of benzene rings is 1. The molecule has 0 saturated carbocycles. The summed E-state index contributed by atoms with van der Waals surface area (Å²) < 4.78 is 1.61. The first-order chi connectivity index (χ1) is 12.3. The molecule has 0 aliphatic carbocycles. The summed E-state index contributed by atoms with van der Waals surface area (Å²) in [6, 6.07) is 7.37. The smallest absolute Gasteiger partial charge is 0.270 e. The van der Waals surface area contributed by atoms with Crippen LogP contribution in [-0.2, 0) is 7.05 Å². The predicted octanol–water partition coefficient (Wildman–Crippen LogP) is 4.18. The molecule has 1 aromatic heterocycles. The van der Waals surface area contributed by atoms with Crippen LogP contribution in [-0.4, -0.2) is 22.6 Å². The van der Waals surface area contributed by atoms with Crippen LogP contribution in [0.25, 0.3) is 0 Å². The number of aromatic nitrogens is 2. The van der Waals surface area contributed by atoms with Gasteiger partial charge >= 0.3 is 0 Å². The van der Waals surface area contributed by atoms with E-state index in [1.807, 2.05) is 18.2 Å². The first kappa shape index (κ1) is 19.1. The molecule has 1 aliphatic heterocycles. The molecule has 0 unspecified atom stereocenters. The molecule has 1 aliphatic rings. The van der Waals surface area contributed by atoms with Gasteiger partial charge in [0.05, 0.1) is 0 Å². The SMILES string of the molecule is CCC1(C)CCN(c2nc(N)c(Sc3cccc(Cl)c3)c(=O)n2C)CC1. The average molecular weight is 393 g/mol. The van der Waals surface area contributed by atoms with Gasteiger partial charge in [0, 0.05) is 30.1 Å². The summed E-state index contributed by atoms with van der Waals surface area (Å²) >= 11 is 7.34. The zero-order valence-electron chi connectivity index (χ0n) is 15.5. The highest BCUT2D eigenvalue weighted by atomic mass is 35.5. The predicted molar refractivity (Wildman–Crippen MR) is 109 cm³/mol. The average Bonchev–Trinajstić information content (AvgIpc) is 2.63. The molecule has 140 valence electrons. The Hall–Kier alpha value is -1.66. The van der Waals surface area contributed by atoms with Crippen LogP contribution in [0.4, 0.5) is 11.8 Å². The minimum Gasteiger partial charge on any atom is -0.382 e. The van der Waals surface area contributed by atoms with Crippen molar-refractivity contribution >= 4 is 35.1 Å². The lowest BCUT2D eigenvalue weighted by Crippen LogP contribution is -2.41. The first-order valence-corrected chi connectivity index (χ1v) is 10.1. The van der Waals surface area contributed by atoms with E-state index < -0.39 is 0 Å². The Bertz CT molecular complexity index is 859. The maximum Gasteiger partial charge on any atom is 0.270 e. The van der Waals surface area contributed by atoms with Gasteiger partial charge in [-0.15, -0.1) is 0 Å². The minimum absolute atomic E-state index is 0.124. The van der Waals surface area contributed by atoms with Crippen molar-refractivity contribution in [3.8, 4) is 0 Å². The van der Waals surface area contributed by atoms with Crippen LogP contribution in [0.1, 0.15) is 33.1 Å². The van der Waals surface area contributed by atoms with Gasteiger partial charge in [0.2, 0.25) is 5.95 Å². The Morgan fingerprint density at radius 3 is 2.65 bits per heavy atom. The molecule has 1 saturated heterocycles. The van der Waals surface area contributed by atoms with Gasteiger partial charge in [-0.25, -0.2) is 0 Å². The Balaban J connectivity index is 1.88. The second-order valence-corrected chi connectivity index (χ2v) is 8.72. The Morgan fingerprint density at radius 1 is 1.35 bits per heavy atom. The van der Waals surface area contributed by atoms with E-state index in [0.29, 0.717) is 21.3 Å². The van der Waals surface area contributed by atoms with Gasteiger partial charge in [-0.05, 0) is 36.5 Å². The molecule has 0 spiro atoms. The quantitative estimate of drug-likeness (QED) is 0.845. The van der Waals surface area contributed by atoms with E-state index in [1.54, 1.807) is 17.7 Å². The van der Waals surface area contributed by atoms with Crippen LogP contribution in [0.2, 0.25) is 5.02 Å². The first-order valence-electron chi connectivity index (χ1n) is 8.88. The molecule has 0 radical (unpaired) electrons. The number of nitrogens with zero attached hydrogens (tertiary/aromatic N) is 3. The summed E-state index contributed by atoms with van der Waals surface area (Å²) in [6.07, 6.45) is 3.36. The lowest BCUT2D eigenvalue weighted by atomic mass is 9.78. The van der Waals surface area contributed by atoms with Crippen LogP contribution < -0.4 is 16.2 Å². The third-order valence-corrected chi connectivity index (χ3v) is 6.69. The molecule has 2 heterocycles. The van der Waals surface area contributed by atoms with Crippen molar-refractivity contribution < 1.29 is 0 Å². The van der Waals surface area contributed by atoms with E-state index in [2.05, 4.69) is 23.7 Å². The largest absolute Gasteiger partial charge is 0.382 e. The summed E-state index contributed by atoms with van der Waals surface area (Å²) in [4.78, 5) is 20.9. The fraction of sp³-hybridized carbons (Fsp3) is 0.474. The van der Waals surface area contributed by atoms with Crippen molar-refractivity contribution in [1.29, 1.82) is 0 Å². The van der Waals surface area contributed by atoms with E-state index in [-0.39, 0.29) is 11.4 Å². The molecule has 0 amide bonds. The molecule has 2 aromatic rings. The molecule has 1 aromatic carbocycles. The molecule has 2 N–H and O–H groups in total. The van der Waals surface area contributed by atoms with E-state index in [9.17, 15) is 4.79 Å². The van der Waals surface area contributed by atoms with E-state index in [0.717, 1.165) is 30.8 Å². The molecule has 5 nitrogen and oxygen atoms in total. The number of hydrogen-bond donors (Lipinski definition) is 1. The van der Waals surface area contributed by atoms with Crippen LogP contribution in [0.15, 0.2) is 38.9 Å². The zero-order valence-corrected chi connectivity index (χ0v) is 17.0. The number of halogens is 1. The fourth-order valence-corrected chi connectivity index (χ4v) is 4.41. The van der Waals surface area contributed by atoms with Crippen molar-refractivity contribution in [1.82, 2.24) is 9.55 Å².